The molecule has 0 atom stereocenters. The summed E-state index contributed by atoms with van der Waals surface area (Å²) >= 11 is 19.4. The van der Waals surface area contributed by atoms with E-state index < -0.39 is 0 Å². The number of hydrogen-bond acceptors (Lipinski definition) is 4. The number of thioether (sulfide) groups is 1. The van der Waals surface area contributed by atoms with E-state index in [1.807, 2.05) is 18.2 Å². The van der Waals surface area contributed by atoms with Crippen molar-refractivity contribution in [3.05, 3.63) is 51.1 Å². The van der Waals surface area contributed by atoms with Crippen molar-refractivity contribution in [1.82, 2.24) is 20.3 Å². The largest absolute Gasteiger partial charge is 0.332 e. The van der Waals surface area contributed by atoms with Crippen LogP contribution in [-0.2, 0) is 6.54 Å². The standard InChI is InChI=1S/C15H13Cl3N4S/c16-10-5-9(6-11(17)7-10)8-19-3-4-23-15-20-12-1-2-13(18)21-14(12)22-15/h1-2,5-7,19H,3-4,8H2,(H,20,21,22). The van der Waals surface area contributed by atoms with Crippen molar-refractivity contribution in [3.8, 4) is 0 Å². The van der Waals surface area contributed by atoms with Gasteiger partial charge in [-0.25, -0.2) is 9.97 Å². The number of rotatable bonds is 6. The predicted octanol–water partition coefficient (Wildman–Crippen LogP) is 4.80. The Labute approximate surface area is 152 Å². The van der Waals surface area contributed by atoms with Gasteiger partial charge in [0.05, 0.1) is 5.52 Å². The van der Waals surface area contributed by atoms with E-state index in [1.165, 1.54) is 0 Å². The van der Waals surface area contributed by atoms with Crippen LogP contribution in [0.4, 0.5) is 0 Å². The van der Waals surface area contributed by atoms with Crippen LogP contribution in [0.15, 0.2) is 35.5 Å². The second kappa shape index (κ2) is 7.73. The van der Waals surface area contributed by atoms with E-state index >= 15 is 0 Å². The van der Waals surface area contributed by atoms with Crippen molar-refractivity contribution in [2.24, 2.45) is 0 Å². The minimum Gasteiger partial charge on any atom is -0.332 e. The zero-order valence-electron chi connectivity index (χ0n) is 11.9. The van der Waals surface area contributed by atoms with Crippen LogP contribution >= 0.6 is 46.6 Å². The van der Waals surface area contributed by atoms with Gasteiger partial charge in [-0.1, -0.05) is 46.6 Å². The molecule has 4 nitrogen and oxygen atoms in total. The quantitative estimate of drug-likeness (QED) is 0.362. The molecule has 2 aromatic heterocycles. The molecule has 0 spiro atoms. The zero-order valence-corrected chi connectivity index (χ0v) is 15.0. The molecule has 0 saturated heterocycles. The highest BCUT2D eigenvalue weighted by molar-refractivity contribution is 7.99. The summed E-state index contributed by atoms with van der Waals surface area (Å²) in [4.78, 5) is 11.8. The SMILES string of the molecule is Clc1cc(Cl)cc(CNCCSc2nc3nc(Cl)ccc3[nH]2)c1. The van der Waals surface area contributed by atoms with Crippen molar-refractivity contribution in [1.29, 1.82) is 0 Å². The lowest BCUT2D eigenvalue weighted by molar-refractivity contribution is 0.731. The number of pyridine rings is 1. The van der Waals surface area contributed by atoms with Gasteiger partial charge < -0.3 is 10.3 Å². The second-order valence-electron chi connectivity index (χ2n) is 4.85. The fourth-order valence-electron chi connectivity index (χ4n) is 2.08. The molecule has 3 aromatic rings. The van der Waals surface area contributed by atoms with E-state index in [0.717, 1.165) is 35.1 Å². The number of halogens is 3. The summed E-state index contributed by atoms with van der Waals surface area (Å²) in [5, 5.41) is 5.94. The van der Waals surface area contributed by atoms with E-state index in [2.05, 4.69) is 20.3 Å². The highest BCUT2D eigenvalue weighted by Crippen LogP contribution is 2.20. The van der Waals surface area contributed by atoms with Crippen LogP contribution in [-0.4, -0.2) is 27.2 Å². The third kappa shape index (κ3) is 4.75. The maximum Gasteiger partial charge on any atom is 0.180 e. The van der Waals surface area contributed by atoms with Crippen LogP contribution in [0.3, 0.4) is 0 Å². The van der Waals surface area contributed by atoms with Gasteiger partial charge >= 0.3 is 0 Å². The van der Waals surface area contributed by atoms with E-state index in [9.17, 15) is 0 Å². The number of fused-ring (bicyclic) bond motifs is 1. The fraction of sp³-hybridized carbons (Fsp3) is 0.200. The Kier molecular flexibility index (Phi) is 5.67. The summed E-state index contributed by atoms with van der Waals surface area (Å²) in [6.07, 6.45) is 0. The number of benzene rings is 1. The van der Waals surface area contributed by atoms with Gasteiger partial charge in [-0.2, -0.15) is 0 Å². The first kappa shape index (κ1) is 16.9. The molecule has 8 heteroatoms. The van der Waals surface area contributed by atoms with Gasteiger partial charge in [-0.15, -0.1) is 0 Å². The molecule has 2 heterocycles. The Morgan fingerprint density at radius 3 is 2.61 bits per heavy atom. The molecule has 0 saturated carbocycles. The Morgan fingerprint density at radius 1 is 1.04 bits per heavy atom. The Morgan fingerprint density at radius 2 is 1.83 bits per heavy atom. The first-order valence-corrected chi connectivity index (χ1v) is 9.03. The number of hydrogen-bond donors (Lipinski definition) is 2. The molecule has 0 radical (unpaired) electrons. The van der Waals surface area contributed by atoms with Crippen molar-refractivity contribution < 1.29 is 0 Å². The molecule has 0 aliphatic heterocycles. The first-order chi connectivity index (χ1) is 11.1. The van der Waals surface area contributed by atoms with Crippen LogP contribution in [0.5, 0.6) is 0 Å². The smallest absolute Gasteiger partial charge is 0.180 e. The molecule has 0 amide bonds. The van der Waals surface area contributed by atoms with Crippen LogP contribution < -0.4 is 5.32 Å². The topological polar surface area (TPSA) is 53.6 Å². The average molecular weight is 388 g/mol. The van der Waals surface area contributed by atoms with Gasteiger partial charge in [0.15, 0.2) is 10.8 Å². The van der Waals surface area contributed by atoms with Gasteiger partial charge in [-0.05, 0) is 35.9 Å². The number of aromatic amines is 1. The summed E-state index contributed by atoms with van der Waals surface area (Å²) in [6, 6.07) is 9.16. The van der Waals surface area contributed by atoms with Crippen molar-refractivity contribution in [2.75, 3.05) is 12.3 Å². The predicted molar refractivity (Wildman–Crippen MR) is 97.8 cm³/mol. The van der Waals surface area contributed by atoms with Gasteiger partial charge in [-0.3, -0.25) is 0 Å². The van der Waals surface area contributed by atoms with Gasteiger partial charge in [0.25, 0.3) is 0 Å². The number of nitrogens with zero attached hydrogens (tertiary/aromatic N) is 2. The molecule has 23 heavy (non-hydrogen) atoms. The number of nitrogens with one attached hydrogen (secondary N) is 2. The van der Waals surface area contributed by atoms with Crippen molar-refractivity contribution in [3.63, 3.8) is 0 Å². The van der Waals surface area contributed by atoms with Crippen molar-refractivity contribution >= 4 is 57.7 Å². The van der Waals surface area contributed by atoms with Crippen LogP contribution in [0.25, 0.3) is 11.2 Å². The van der Waals surface area contributed by atoms with E-state index in [1.54, 1.807) is 23.9 Å². The summed E-state index contributed by atoms with van der Waals surface area (Å²) in [7, 11) is 0. The lowest BCUT2D eigenvalue weighted by Gasteiger charge is -2.05. The minimum absolute atomic E-state index is 0.447. The summed E-state index contributed by atoms with van der Waals surface area (Å²) < 4.78 is 0. The Balaban J connectivity index is 1.47. The lowest BCUT2D eigenvalue weighted by atomic mass is 10.2. The third-order valence-electron chi connectivity index (χ3n) is 3.06. The maximum absolute atomic E-state index is 5.98. The molecule has 120 valence electrons. The minimum atomic E-state index is 0.447. The Bertz CT molecular complexity index is 801. The number of imidazole rings is 1. The molecule has 0 aliphatic rings. The molecular weight excluding hydrogens is 375 g/mol. The maximum atomic E-state index is 5.98. The average Bonchev–Trinajstić information content (AvgIpc) is 2.87. The Hall–Kier alpha value is -0.980. The highest BCUT2D eigenvalue weighted by atomic mass is 35.5. The van der Waals surface area contributed by atoms with E-state index in [4.69, 9.17) is 34.8 Å². The molecule has 0 aliphatic carbocycles. The highest BCUT2D eigenvalue weighted by Gasteiger charge is 2.05. The molecule has 0 unspecified atom stereocenters. The van der Waals surface area contributed by atoms with Gasteiger partial charge in [0, 0.05) is 28.9 Å². The fourth-order valence-corrected chi connectivity index (χ4v) is 3.57. The number of H-pyrrole nitrogens is 1. The zero-order chi connectivity index (χ0) is 16.2. The molecule has 1 aromatic carbocycles. The van der Waals surface area contributed by atoms with Crippen LogP contribution in [0, 0.1) is 0 Å². The van der Waals surface area contributed by atoms with Crippen LogP contribution in [0.2, 0.25) is 15.2 Å². The third-order valence-corrected chi connectivity index (χ3v) is 4.58. The molecule has 2 N–H and O–H groups in total. The number of aromatic nitrogens is 3. The van der Waals surface area contributed by atoms with Gasteiger partial charge in [0.2, 0.25) is 0 Å². The molecular formula is C15H13Cl3N4S. The van der Waals surface area contributed by atoms with E-state index in [0.29, 0.717) is 20.8 Å². The summed E-state index contributed by atoms with van der Waals surface area (Å²) in [5.41, 5.74) is 2.59. The van der Waals surface area contributed by atoms with Gasteiger partial charge in [0.1, 0.15) is 5.15 Å². The molecule has 0 bridgehead atoms. The first-order valence-electron chi connectivity index (χ1n) is 6.91. The van der Waals surface area contributed by atoms with Crippen LogP contribution in [0.1, 0.15) is 5.56 Å². The second-order valence-corrected chi connectivity index (χ2v) is 7.19. The molecule has 3 rings (SSSR count). The monoisotopic (exact) mass is 386 g/mol. The summed E-state index contributed by atoms with van der Waals surface area (Å²) in [6.45, 7) is 1.55. The van der Waals surface area contributed by atoms with Crippen molar-refractivity contribution in [2.45, 2.75) is 11.7 Å². The summed E-state index contributed by atoms with van der Waals surface area (Å²) in [5.74, 6) is 0.877. The lowest BCUT2D eigenvalue weighted by Crippen LogP contribution is -2.16. The van der Waals surface area contributed by atoms with E-state index in [-0.39, 0.29) is 0 Å². The normalized spacial score (nSPS) is 11.3. The molecule has 0 fully saturated rings.